The van der Waals surface area contributed by atoms with E-state index in [1.54, 1.807) is 4.90 Å². The summed E-state index contributed by atoms with van der Waals surface area (Å²) in [6, 6.07) is 12.2. The minimum atomic E-state index is -0.406. The summed E-state index contributed by atoms with van der Waals surface area (Å²) < 4.78 is 0. The van der Waals surface area contributed by atoms with E-state index in [4.69, 9.17) is 5.73 Å². The summed E-state index contributed by atoms with van der Waals surface area (Å²) in [6.45, 7) is 8.76. The van der Waals surface area contributed by atoms with Crippen LogP contribution < -0.4 is 10.6 Å². The monoisotopic (exact) mass is 380 g/mol. The van der Waals surface area contributed by atoms with Crippen LogP contribution in [-0.4, -0.2) is 6.03 Å². The first kappa shape index (κ1) is 22.0. The highest BCUT2D eigenvalue weighted by atomic mass is 16.2. The molecule has 0 spiro atoms. The fraction of sp³-hybridized carbons (Fsp3) is 0.480. The van der Waals surface area contributed by atoms with Crippen LogP contribution in [0.2, 0.25) is 0 Å². The summed E-state index contributed by atoms with van der Waals surface area (Å²) in [4.78, 5) is 14.5. The van der Waals surface area contributed by atoms with Crippen molar-refractivity contribution in [1.82, 2.24) is 0 Å². The van der Waals surface area contributed by atoms with Crippen molar-refractivity contribution in [1.29, 1.82) is 0 Å². The predicted molar refractivity (Wildman–Crippen MR) is 121 cm³/mol. The summed E-state index contributed by atoms with van der Waals surface area (Å²) >= 11 is 0. The quantitative estimate of drug-likeness (QED) is 0.489. The predicted octanol–water partition coefficient (Wildman–Crippen LogP) is 6.71. The molecule has 0 heterocycles. The highest BCUT2D eigenvalue weighted by molar-refractivity contribution is 6.00. The highest BCUT2D eigenvalue weighted by Crippen LogP contribution is 2.36. The summed E-state index contributed by atoms with van der Waals surface area (Å²) in [7, 11) is 0. The van der Waals surface area contributed by atoms with Crippen LogP contribution in [0.25, 0.3) is 0 Å². The number of rotatable bonds is 10. The molecule has 2 aromatic rings. The Morgan fingerprint density at radius 2 is 1.11 bits per heavy atom. The zero-order chi connectivity index (χ0) is 20.5. The van der Waals surface area contributed by atoms with Gasteiger partial charge >= 0.3 is 6.03 Å². The number of primary amides is 1. The van der Waals surface area contributed by atoms with Crippen molar-refractivity contribution in [3.63, 3.8) is 0 Å². The third-order valence-corrected chi connectivity index (χ3v) is 5.24. The maximum absolute atomic E-state index is 12.7. The van der Waals surface area contributed by atoms with Crippen LogP contribution in [0, 0.1) is 0 Å². The van der Waals surface area contributed by atoms with Crippen LogP contribution in [-0.2, 0) is 25.7 Å². The molecule has 0 unspecified atom stereocenters. The van der Waals surface area contributed by atoms with Gasteiger partial charge in [0.2, 0.25) is 0 Å². The van der Waals surface area contributed by atoms with Crippen molar-refractivity contribution in [2.24, 2.45) is 5.73 Å². The van der Waals surface area contributed by atoms with E-state index < -0.39 is 6.03 Å². The van der Waals surface area contributed by atoms with Crippen molar-refractivity contribution < 1.29 is 4.79 Å². The van der Waals surface area contributed by atoms with Crippen LogP contribution in [0.3, 0.4) is 0 Å². The summed E-state index contributed by atoms with van der Waals surface area (Å²) in [5, 5.41) is 0. The van der Waals surface area contributed by atoms with Gasteiger partial charge in [-0.15, -0.1) is 0 Å². The van der Waals surface area contributed by atoms with E-state index >= 15 is 0 Å². The molecule has 2 amide bonds. The molecule has 0 saturated heterocycles. The summed E-state index contributed by atoms with van der Waals surface area (Å²) in [5.74, 6) is 0. The largest absolute Gasteiger partial charge is 0.351 e. The molecule has 0 radical (unpaired) electrons. The maximum Gasteiger partial charge on any atom is 0.323 e. The normalized spacial score (nSPS) is 10.9. The lowest BCUT2D eigenvalue weighted by molar-refractivity contribution is 0.256. The van der Waals surface area contributed by atoms with Gasteiger partial charge in [0, 0.05) is 0 Å². The van der Waals surface area contributed by atoms with Gasteiger partial charge in [0.1, 0.15) is 0 Å². The molecule has 0 saturated carbocycles. The molecule has 3 nitrogen and oxygen atoms in total. The van der Waals surface area contributed by atoms with E-state index in [0.717, 1.165) is 62.7 Å². The van der Waals surface area contributed by atoms with E-state index in [-0.39, 0.29) is 0 Å². The number of nitrogens with two attached hydrogens (primary N) is 1. The molecule has 2 rings (SSSR count). The first-order valence-corrected chi connectivity index (χ1v) is 10.9. The second-order valence-corrected chi connectivity index (χ2v) is 7.50. The lowest BCUT2D eigenvalue weighted by Crippen LogP contribution is -2.33. The van der Waals surface area contributed by atoms with Gasteiger partial charge in [-0.05, 0) is 60.1 Å². The molecule has 0 aliphatic rings. The maximum atomic E-state index is 12.7. The smallest absolute Gasteiger partial charge is 0.323 e. The number of amides is 2. The Hall–Kier alpha value is -2.29. The summed E-state index contributed by atoms with van der Waals surface area (Å²) in [5.41, 5.74) is 13.0. The van der Waals surface area contributed by atoms with Gasteiger partial charge in [-0.1, -0.05) is 77.6 Å². The van der Waals surface area contributed by atoms with Crippen molar-refractivity contribution in [2.45, 2.75) is 79.1 Å². The van der Waals surface area contributed by atoms with E-state index in [2.05, 4.69) is 64.1 Å². The van der Waals surface area contributed by atoms with Gasteiger partial charge in [0.15, 0.2) is 0 Å². The van der Waals surface area contributed by atoms with Gasteiger partial charge in [-0.3, -0.25) is 4.90 Å². The van der Waals surface area contributed by atoms with Gasteiger partial charge in [0.25, 0.3) is 0 Å². The second-order valence-electron chi connectivity index (χ2n) is 7.50. The van der Waals surface area contributed by atoms with E-state index in [9.17, 15) is 4.79 Å². The van der Waals surface area contributed by atoms with Crippen molar-refractivity contribution >= 4 is 17.4 Å². The molecular weight excluding hydrogens is 344 g/mol. The number of aryl methyl sites for hydroxylation is 2. The number of urea groups is 1. The summed E-state index contributed by atoms with van der Waals surface area (Å²) in [6.07, 6.45) is 8.20. The average molecular weight is 381 g/mol. The first-order chi connectivity index (χ1) is 13.6. The lowest BCUT2D eigenvalue weighted by Gasteiger charge is -2.28. The minimum Gasteiger partial charge on any atom is -0.351 e. The average Bonchev–Trinajstić information content (AvgIpc) is 2.67. The molecule has 0 fully saturated rings. The Bertz CT molecular complexity index is 723. The number of hydrogen-bond acceptors (Lipinski definition) is 1. The standard InChI is InChI=1S/C25H36N2O/c1-5-11-19-15-9-17-23(21(19)13-7-3)27(25(26)28)24-18-10-16-20(12-6-2)22(24)14-8-4/h9-10,15-18H,5-8,11-14H2,1-4H3,(H2,26,28). The number of hydrogen-bond donors (Lipinski definition) is 1. The van der Waals surface area contributed by atoms with Crippen LogP contribution in [0.15, 0.2) is 36.4 Å². The van der Waals surface area contributed by atoms with Crippen molar-refractivity contribution in [3.8, 4) is 0 Å². The fourth-order valence-corrected chi connectivity index (χ4v) is 4.11. The fourth-order valence-electron chi connectivity index (χ4n) is 4.11. The van der Waals surface area contributed by atoms with Crippen LogP contribution in [0.1, 0.15) is 75.6 Å². The van der Waals surface area contributed by atoms with E-state index in [1.165, 1.54) is 22.3 Å². The zero-order valence-corrected chi connectivity index (χ0v) is 18.1. The van der Waals surface area contributed by atoms with E-state index in [0.29, 0.717) is 0 Å². The third kappa shape index (κ3) is 4.95. The highest BCUT2D eigenvalue weighted by Gasteiger charge is 2.23. The molecule has 28 heavy (non-hydrogen) atoms. The van der Waals surface area contributed by atoms with Crippen LogP contribution in [0.5, 0.6) is 0 Å². The van der Waals surface area contributed by atoms with Crippen LogP contribution in [0.4, 0.5) is 16.2 Å². The molecule has 0 bridgehead atoms. The number of anilines is 2. The molecule has 2 N–H and O–H groups in total. The lowest BCUT2D eigenvalue weighted by atomic mass is 9.94. The Labute approximate surface area is 170 Å². The zero-order valence-electron chi connectivity index (χ0n) is 18.1. The molecular formula is C25H36N2O. The molecule has 2 aromatic carbocycles. The minimum absolute atomic E-state index is 0.406. The van der Waals surface area contributed by atoms with Crippen LogP contribution >= 0.6 is 0 Å². The van der Waals surface area contributed by atoms with Gasteiger partial charge in [-0.25, -0.2) is 4.79 Å². The molecule has 0 aliphatic carbocycles. The Balaban J connectivity index is 2.69. The molecule has 0 aromatic heterocycles. The van der Waals surface area contributed by atoms with E-state index in [1.807, 2.05) is 0 Å². The Kier molecular flexibility index (Phi) is 8.56. The number of carbonyl (C=O) groups is 1. The number of benzene rings is 2. The SMILES string of the molecule is CCCc1cccc(N(C(N)=O)c2cccc(CCC)c2CCC)c1CCC. The molecule has 152 valence electrons. The number of nitrogens with zero attached hydrogens (tertiary/aromatic N) is 1. The molecule has 0 aliphatic heterocycles. The van der Waals surface area contributed by atoms with Gasteiger partial charge < -0.3 is 5.73 Å². The third-order valence-electron chi connectivity index (χ3n) is 5.24. The Morgan fingerprint density at radius 3 is 1.43 bits per heavy atom. The Morgan fingerprint density at radius 1 is 0.714 bits per heavy atom. The molecule has 3 heteroatoms. The van der Waals surface area contributed by atoms with Crippen molar-refractivity contribution in [2.75, 3.05) is 4.90 Å². The first-order valence-electron chi connectivity index (χ1n) is 10.9. The van der Waals surface area contributed by atoms with Crippen molar-refractivity contribution in [3.05, 3.63) is 58.7 Å². The van der Waals surface area contributed by atoms with Gasteiger partial charge in [-0.2, -0.15) is 0 Å². The number of carbonyl (C=O) groups excluding carboxylic acids is 1. The second kappa shape index (κ2) is 10.9. The van der Waals surface area contributed by atoms with Gasteiger partial charge in [0.05, 0.1) is 11.4 Å². The molecule has 0 atom stereocenters. The topological polar surface area (TPSA) is 46.3 Å².